The Bertz CT molecular complexity index is 230. The molecule has 0 saturated carbocycles. The second-order valence-corrected chi connectivity index (χ2v) is 4.29. The standard InChI is InChI=1S/C9H16N2S/c1-4-12-7-9-5-6-11(10-9)8(2)3/h5-6,8H,4,7H2,1-3H3. The summed E-state index contributed by atoms with van der Waals surface area (Å²) in [5.41, 5.74) is 1.19. The lowest BCUT2D eigenvalue weighted by Gasteiger charge is -2.03. The van der Waals surface area contributed by atoms with Crippen LogP contribution in [0.4, 0.5) is 0 Å². The van der Waals surface area contributed by atoms with Crippen molar-refractivity contribution >= 4 is 11.8 Å². The fourth-order valence-corrected chi connectivity index (χ4v) is 1.52. The molecule has 68 valence electrons. The Morgan fingerprint density at radius 2 is 2.33 bits per heavy atom. The number of thioether (sulfide) groups is 1. The van der Waals surface area contributed by atoms with Crippen LogP contribution in [0.25, 0.3) is 0 Å². The van der Waals surface area contributed by atoms with Crippen molar-refractivity contribution in [3.05, 3.63) is 18.0 Å². The van der Waals surface area contributed by atoms with Crippen LogP contribution in [0.5, 0.6) is 0 Å². The predicted molar refractivity (Wildman–Crippen MR) is 54.4 cm³/mol. The largest absolute Gasteiger partial charge is 0.270 e. The monoisotopic (exact) mass is 184 g/mol. The van der Waals surface area contributed by atoms with Crippen LogP contribution in [0.3, 0.4) is 0 Å². The van der Waals surface area contributed by atoms with E-state index >= 15 is 0 Å². The molecular formula is C9H16N2S. The lowest BCUT2D eigenvalue weighted by Crippen LogP contribution is -2.01. The fraction of sp³-hybridized carbons (Fsp3) is 0.667. The molecule has 0 spiro atoms. The van der Waals surface area contributed by atoms with E-state index in [2.05, 4.69) is 38.1 Å². The molecule has 2 nitrogen and oxygen atoms in total. The van der Waals surface area contributed by atoms with Gasteiger partial charge in [-0.2, -0.15) is 16.9 Å². The van der Waals surface area contributed by atoms with E-state index in [4.69, 9.17) is 0 Å². The van der Waals surface area contributed by atoms with Crippen molar-refractivity contribution in [1.82, 2.24) is 9.78 Å². The summed E-state index contributed by atoms with van der Waals surface area (Å²) < 4.78 is 2.01. The highest BCUT2D eigenvalue weighted by molar-refractivity contribution is 7.98. The molecule has 0 fully saturated rings. The zero-order valence-corrected chi connectivity index (χ0v) is 8.77. The molecule has 12 heavy (non-hydrogen) atoms. The molecule has 0 bridgehead atoms. The molecule has 0 N–H and O–H groups in total. The highest BCUT2D eigenvalue weighted by Crippen LogP contribution is 2.11. The van der Waals surface area contributed by atoms with Crippen LogP contribution < -0.4 is 0 Å². The van der Waals surface area contributed by atoms with Gasteiger partial charge in [-0.1, -0.05) is 6.92 Å². The summed E-state index contributed by atoms with van der Waals surface area (Å²) in [5, 5.41) is 4.44. The van der Waals surface area contributed by atoms with Gasteiger partial charge in [0.15, 0.2) is 0 Å². The Labute approximate surface area is 78.4 Å². The van der Waals surface area contributed by atoms with Gasteiger partial charge < -0.3 is 0 Å². The molecule has 0 amide bonds. The van der Waals surface area contributed by atoms with Gasteiger partial charge in [-0.25, -0.2) is 0 Å². The molecule has 0 aliphatic rings. The van der Waals surface area contributed by atoms with E-state index < -0.39 is 0 Å². The molecule has 0 atom stereocenters. The van der Waals surface area contributed by atoms with Crippen LogP contribution in [0.1, 0.15) is 32.5 Å². The maximum atomic E-state index is 4.44. The molecule has 0 unspecified atom stereocenters. The number of rotatable bonds is 4. The Morgan fingerprint density at radius 3 is 2.83 bits per heavy atom. The molecule has 0 aliphatic carbocycles. The zero-order valence-electron chi connectivity index (χ0n) is 7.95. The van der Waals surface area contributed by atoms with Crippen LogP contribution in [0, 0.1) is 0 Å². The first-order chi connectivity index (χ1) is 5.74. The first-order valence-electron chi connectivity index (χ1n) is 4.35. The summed E-state index contributed by atoms with van der Waals surface area (Å²) in [5.74, 6) is 2.20. The molecule has 0 aliphatic heterocycles. The highest BCUT2D eigenvalue weighted by Gasteiger charge is 2.00. The SMILES string of the molecule is CCSCc1ccn(C(C)C)n1. The lowest BCUT2D eigenvalue weighted by molar-refractivity contribution is 0.529. The second kappa shape index (κ2) is 4.55. The maximum Gasteiger partial charge on any atom is 0.0723 e. The quantitative estimate of drug-likeness (QED) is 0.716. The van der Waals surface area contributed by atoms with Gasteiger partial charge in [0, 0.05) is 18.0 Å². The molecule has 0 aromatic carbocycles. The van der Waals surface area contributed by atoms with E-state index in [1.54, 1.807) is 0 Å². The topological polar surface area (TPSA) is 17.8 Å². The maximum absolute atomic E-state index is 4.44. The first kappa shape index (κ1) is 9.65. The molecule has 1 aromatic heterocycles. The van der Waals surface area contributed by atoms with Gasteiger partial charge in [0.05, 0.1) is 5.69 Å². The smallest absolute Gasteiger partial charge is 0.0723 e. The minimum atomic E-state index is 0.477. The van der Waals surface area contributed by atoms with Gasteiger partial charge in [-0.3, -0.25) is 4.68 Å². The second-order valence-electron chi connectivity index (χ2n) is 3.02. The number of hydrogen-bond acceptors (Lipinski definition) is 2. The van der Waals surface area contributed by atoms with E-state index in [9.17, 15) is 0 Å². The van der Waals surface area contributed by atoms with E-state index in [1.165, 1.54) is 5.69 Å². The van der Waals surface area contributed by atoms with Crippen molar-refractivity contribution < 1.29 is 0 Å². The summed E-state index contributed by atoms with van der Waals surface area (Å²) in [6, 6.07) is 2.58. The molecule has 3 heteroatoms. The molecule has 0 saturated heterocycles. The molecule has 1 aromatic rings. The zero-order chi connectivity index (χ0) is 8.97. The number of aromatic nitrogens is 2. The summed E-state index contributed by atoms with van der Waals surface area (Å²) in [6.07, 6.45) is 2.05. The van der Waals surface area contributed by atoms with Gasteiger partial charge >= 0.3 is 0 Å². The van der Waals surface area contributed by atoms with Crippen LogP contribution >= 0.6 is 11.8 Å². The Kier molecular flexibility index (Phi) is 3.66. The third kappa shape index (κ3) is 2.55. The van der Waals surface area contributed by atoms with Crippen molar-refractivity contribution in [2.45, 2.75) is 32.6 Å². The highest BCUT2D eigenvalue weighted by atomic mass is 32.2. The lowest BCUT2D eigenvalue weighted by atomic mass is 10.4. The van der Waals surface area contributed by atoms with E-state index in [0.29, 0.717) is 6.04 Å². The number of nitrogens with zero attached hydrogens (tertiary/aromatic N) is 2. The van der Waals surface area contributed by atoms with Crippen molar-refractivity contribution in [3.8, 4) is 0 Å². The van der Waals surface area contributed by atoms with Crippen molar-refractivity contribution in [2.24, 2.45) is 0 Å². The fourth-order valence-electron chi connectivity index (χ4n) is 0.949. The third-order valence-corrected chi connectivity index (χ3v) is 2.55. The van der Waals surface area contributed by atoms with Gasteiger partial charge in [0.1, 0.15) is 0 Å². The molecule has 1 rings (SSSR count). The van der Waals surface area contributed by atoms with Crippen molar-refractivity contribution in [2.75, 3.05) is 5.75 Å². The number of hydrogen-bond donors (Lipinski definition) is 0. The summed E-state index contributed by atoms with van der Waals surface area (Å²) >= 11 is 1.91. The van der Waals surface area contributed by atoms with E-state index in [-0.39, 0.29) is 0 Å². The summed E-state index contributed by atoms with van der Waals surface area (Å²) in [4.78, 5) is 0. The van der Waals surface area contributed by atoms with Gasteiger partial charge in [-0.05, 0) is 25.7 Å². The van der Waals surface area contributed by atoms with Gasteiger partial charge in [0.2, 0.25) is 0 Å². The van der Waals surface area contributed by atoms with E-state index in [0.717, 1.165) is 11.5 Å². The predicted octanol–water partition coefficient (Wildman–Crippen LogP) is 2.72. The van der Waals surface area contributed by atoms with Crippen molar-refractivity contribution in [1.29, 1.82) is 0 Å². The third-order valence-electron chi connectivity index (χ3n) is 1.65. The van der Waals surface area contributed by atoms with Gasteiger partial charge in [0.25, 0.3) is 0 Å². The molecular weight excluding hydrogens is 168 g/mol. The van der Waals surface area contributed by atoms with E-state index in [1.807, 2.05) is 16.4 Å². The summed E-state index contributed by atoms with van der Waals surface area (Å²) in [6.45, 7) is 6.46. The minimum absolute atomic E-state index is 0.477. The Morgan fingerprint density at radius 1 is 1.58 bits per heavy atom. The average molecular weight is 184 g/mol. The normalized spacial score (nSPS) is 11.0. The minimum Gasteiger partial charge on any atom is -0.270 e. The first-order valence-corrected chi connectivity index (χ1v) is 5.51. The van der Waals surface area contributed by atoms with Crippen LogP contribution in [-0.2, 0) is 5.75 Å². The average Bonchev–Trinajstić information content (AvgIpc) is 2.48. The van der Waals surface area contributed by atoms with Crippen molar-refractivity contribution in [3.63, 3.8) is 0 Å². The van der Waals surface area contributed by atoms with Crippen LogP contribution in [-0.4, -0.2) is 15.5 Å². The molecule has 0 radical (unpaired) electrons. The van der Waals surface area contributed by atoms with Crippen LogP contribution in [0.2, 0.25) is 0 Å². The Hall–Kier alpha value is -0.440. The molecule has 1 heterocycles. The van der Waals surface area contributed by atoms with Gasteiger partial charge in [-0.15, -0.1) is 0 Å². The Balaban J connectivity index is 2.52. The summed E-state index contributed by atoms with van der Waals surface area (Å²) in [7, 11) is 0. The van der Waals surface area contributed by atoms with Crippen LogP contribution in [0.15, 0.2) is 12.3 Å².